The van der Waals surface area contributed by atoms with Crippen molar-refractivity contribution < 1.29 is 14.4 Å². The molecule has 44 heavy (non-hydrogen) atoms. The standard InChI is InChI=1S/C36H45ClN4O3/c1-23-14-25(3)35(26(4)15-23)40-21-30(41(22-40)36-27(5)16-24(2)17-28(36)6)20-38-33(43)12-13-34(44)39-31(32(42)19-37)18-29-10-8-7-9-11-29/h7-11,14-17,30-31H,12-13,18-22H2,1-6H3,(H,38,43)(H,39,44). The van der Waals surface area contributed by atoms with E-state index >= 15 is 0 Å². The second kappa shape index (κ2) is 14.8. The van der Waals surface area contributed by atoms with Crippen LogP contribution in [0.2, 0.25) is 0 Å². The Labute approximate surface area is 267 Å². The number of benzene rings is 3. The van der Waals surface area contributed by atoms with Crippen LogP contribution < -0.4 is 20.4 Å². The third-order valence-corrected chi connectivity index (χ3v) is 8.58. The van der Waals surface area contributed by atoms with Gasteiger partial charge in [-0.05, 0) is 75.8 Å². The number of nitrogens with one attached hydrogen (secondary N) is 2. The molecule has 1 saturated heterocycles. The number of hydrogen-bond donors (Lipinski definition) is 2. The van der Waals surface area contributed by atoms with Gasteiger partial charge in [0.1, 0.15) is 0 Å². The monoisotopic (exact) mass is 616 g/mol. The van der Waals surface area contributed by atoms with Crippen LogP contribution in [0.1, 0.15) is 51.8 Å². The quantitative estimate of drug-likeness (QED) is 0.258. The summed E-state index contributed by atoms with van der Waals surface area (Å²) >= 11 is 5.81. The van der Waals surface area contributed by atoms with E-state index in [1.165, 1.54) is 44.8 Å². The number of anilines is 2. The summed E-state index contributed by atoms with van der Waals surface area (Å²) in [6, 6.07) is 17.7. The molecule has 2 amide bonds. The van der Waals surface area contributed by atoms with E-state index in [2.05, 4.69) is 86.2 Å². The summed E-state index contributed by atoms with van der Waals surface area (Å²) in [4.78, 5) is 43.0. The van der Waals surface area contributed by atoms with Gasteiger partial charge in [-0.2, -0.15) is 0 Å². The lowest BCUT2D eigenvalue weighted by Gasteiger charge is -2.29. The van der Waals surface area contributed by atoms with Gasteiger partial charge in [-0.25, -0.2) is 0 Å². The Morgan fingerprint density at radius 2 is 1.36 bits per heavy atom. The second-order valence-corrected chi connectivity index (χ2v) is 12.5. The molecule has 3 aromatic rings. The fourth-order valence-corrected chi connectivity index (χ4v) is 6.78. The van der Waals surface area contributed by atoms with E-state index < -0.39 is 6.04 Å². The first-order valence-corrected chi connectivity index (χ1v) is 15.9. The molecule has 8 heteroatoms. The van der Waals surface area contributed by atoms with E-state index in [1.807, 2.05) is 30.3 Å². The molecular formula is C36H45ClN4O3. The number of hydrogen-bond acceptors (Lipinski definition) is 5. The predicted molar refractivity (Wildman–Crippen MR) is 180 cm³/mol. The molecule has 2 N–H and O–H groups in total. The van der Waals surface area contributed by atoms with Gasteiger partial charge < -0.3 is 20.4 Å². The zero-order chi connectivity index (χ0) is 32.0. The van der Waals surface area contributed by atoms with Gasteiger partial charge in [0.15, 0.2) is 5.78 Å². The molecule has 0 aliphatic carbocycles. The lowest BCUT2D eigenvalue weighted by molar-refractivity contribution is -0.128. The van der Waals surface area contributed by atoms with Crippen LogP contribution in [0.4, 0.5) is 11.4 Å². The van der Waals surface area contributed by atoms with E-state index in [0.717, 1.165) is 18.8 Å². The molecule has 0 spiro atoms. The maximum atomic E-state index is 13.0. The topological polar surface area (TPSA) is 81.8 Å². The molecule has 0 radical (unpaired) electrons. The zero-order valence-electron chi connectivity index (χ0n) is 26.8. The molecule has 1 aliphatic heterocycles. The fraction of sp³-hybridized carbons (Fsp3) is 0.417. The van der Waals surface area contributed by atoms with Crippen LogP contribution in [0.3, 0.4) is 0 Å². The highest BCUT2D eigenvalue weighted by molar-refractivity contribution is 6.28. The number of alkyl halides is 1. The molecule has 0 saturated carbocycles. The number of halogens is 1. The van der Waals surface area contributed by atoms with Crippen molar-refractivity contribution in [2.24, 2.45) is 0 Å². The zero-order valence-corrected chi connectivity index (χ0v) is 27.6. The third kappa shape index (κ3) is 8.20. The number of carbonyl (C=O) groups is 3. The van der Waals surface area contributed by atoms with Crippen LogP contribution in [-0.4, -0.2) is 55.3 Å². The Bertz CT molecular complexity index is 1460. The number of rotatable bonds is 12. The van der Waals surface area contributed by atoms with Crippen molar-refractivity contribution >= 4 is 40.6 Å². The average molecular weight is 617 g/mol. The van der Waals surface area contributed by atoms with Crippen LogP contribution in [0.5, 0.6) is 0 Å². The Hall–Kier alpha value is -3.84. The molecule has 234 valence electrons. The van der Waals surface area contributed by atoms with Crippen molar-refractivity contribution in [2.75, 3.05) is 35.4 Å². The van der Waals surface area contributed by atoms with E-state index in [-0.39, 0.29) is 42.4 Å². The minimum absolute atomic E-state index is 0.00880. The van der Waals surface area contributed by atoms with Crippen molar-refractivity contribution in [3.63, 3.8) is 0 Å². The second-order valence-electron chi connectivity index (χ2n) is 12.2. The molecule has 0 bridgehead atoms. The summed E-state index contributed by atoms with van der Waals surface area (Å²) in [5.41, 5.74) is 10.8. The van der Waals surface area contributed by atoms with Crippen molar-refractivity contribution in [2.45, 2.75) is 72.9 Å². The van der Waals surface area contributed by atoms with E-state index in [0.29, 0.717) is 13.0 Å². The highest BCUT2D eigenvalue weighted by atomic mass is 35.5. The molecule has 1 heterocycles. The lowest BCUT2D eigenvalue weighted by Crippen LogP contribution is -2.44. The van der Waals surface area contributed by atoms with Gasteiger partial charge in [0.25, 0.3) is 0 Å². The predicted octanol–water partition coefficient (Wildman–Crippen LogP) is 5.62. The summed E-state index contributed by atoms with van der Waals surface area (Å²) in [6.45, 7) is 14.8. The molecule has 0 aromatic heterocycles. The van der Waals surface area contributed by atoms with Crippen molar-refractivity contribution in [1.82, 2.24) is 10.6 Å². The molecule has 7 nitrogen and oxygen atoms in total. The van der Waals surface area contributed by atoms with Crippen molar-refractivity contribution in [3.8, 4) is 0 Å². The molecule has 3 aromatic carbocycles. The maximum absolute atomic E-state index is 13.0. The number of nitrogens with zero attached hydrogens (tertiary/aromatic N) is 2. The van der Waals surface area contributed by atoms with Crippen LogP contribution in [0.25, 0.3) is 0 Å². The Morgan fingerprint density at radius 1 is 0.818 bits per heavy atom. The summed E-state index contributed by atoms with van der Waals surface area (Å²) in [7, 11) is 0. The number of ketones is 1. The number of amides is 2. The Morgan fingerprint density at radius 3 is 1.93 bits per heavy atom. The summed E-state index contributed by atoms with van der Waals surface area (Å²) in [5.74, 6) is -0.972. The molecule has 1 fully saturated rings. The fourth-order valence-electron chi connectivity index (χ4n) is 6.60. The van der Waals surface area contributed by atoms with E-state index in [4.69, 9.17) is 11.6 Å². The molecule has 2 unspecified atom stereocenters. The van der Waals surface area contributed by atoms with Crippen LogP contribution in [-0.2, 0) is 20.8 Å². The van der Waals surface area contributed by atoms with E-state index in [9.17, 15) is 14.4 Å². The van der Waals surface area contributed by atoms with Gasteiger partial charge >= 0.3 is 0 Å². The number of carbonyl (C=O) groups excluding carboxylic acids is 3. The molecular weight excluding hydrogens is 572 g/mol. The van der Waals surface area contributed by atoms with E-state index in [1.54, 1.807) is 0 Å². The van der Waals surface area contributed by atoms with Crippen molar-refractivity contribution in [1.29, 1.82) is 0 Å². The van der Waals surface area contributed by atoms with Gasteiger partial charge in [0.2, 0.25) is 11.8 Å². The average Bonchev–Trinajstić information content (AvgIpc) is 3.36. The van der Waals surface area contributed by atoms with Crippen LogP contribution in [0.15, 0.2) is 54.6 Å². The van der Waals surface area contributed by atoms with Crippen LogP contribution >= 0.6 is 11.6 Å². The maximum Gasteiger partial charge on any atom is 0.221 e. The van der Waals surface area contributed by atoms with Gasteiger partial charge in [-0.15, -0.1) is 11.6 Å². The highest BCUT2D eigenvalue weighted by Crippen LogP contribution is 2.35. The van der Waals surface area contributed by atoms with Crippen LogP contribution in [0, 0.1) is 41.5 Å². The first kappa shape index (κ1) is 33.1. The Balaban J connectivity index is 1.42. The SMILES string of the molecule is Cc1cc(C)c(N2CC(CNC(=O)CCC(=O)NC(Cc3ccccc3)C(=O)CCl)N(c3c(C)cc(C)cc3C)C2)c(C)c1. The van der Waals surface area contributed by atoms with Crippen molar-refractivity contribution in [3.05, 3.63) is 93.5 Å². The third-order valence-electron chi connectivity index (χ3n) is 8.32. The molecule has 1 aliphatic rings. The summed E-state index contributed by atoms with van der Waals surface area (Å²) in [6.07, 6.45) is 0.384. The van der Waals surface area contributed by atoms with Gasteiger partial charge in [-0.1, -0.05) is 65.7 Å². The highest BCUT2D eigenvalue weighted by Gasteiger charge is 2.34. The van der Waals surface area contributed by atoms with Gasteiger partial charge in [0.05, 0.1) is 24.6 Å². The first-order chi connectivity index (χ1) is 21.0. The Kier molecular flexibility index (Phi) is 11.1. The largest absolute Gasteiger partial charge is 0.354 e. The summed E-state index contributed by atoms with van der Waals surface area (Å²) in [5, 5.41) is 5.88. The smallest absolute Gasteiger partial charge is 0.221 e. The normalized spacial score (nSPS) is 15.3. The van der Waals surface area contributed by atoms with Gasteiger partial charge in [-0.3, -0.25) is 14.4 Å². The first-order valence-electron chi connectivity index (χ1n) is 15.3. The number of aryl methyl sites for hydroxylation is 6. The summed E-state index contributed by atoms with van der Waals surface area (Å²) < 4.78 is 0. The molecule has 4 rings (SSSR count). The minimum Gasteiger partial charge on any atom is -0.354 e. The molecule has 2 atom stereocenters. The number of Topliss-reactive ketones (excluding diaryl/α,β-unsaturated/α-hetero) is 1. The minimum atomic E-state index is -0.724. The van der Waals surface area contributed by atoms with Gasteiger partial charge in [0, 0.05) is 37.3 Å². The lowest BCUT2D eigenvalue weighted by atomic mass is 10.0.